The van der Waals surface area contributed by atoms with E-state index in [1.165, 1.54) is 0 Å². The van der Waals surface area contributed by atoms with Gasteiger partial charge in [-0.3, -0.25) is 4.79 Å². The summed E-state index contributed by atoms with van der Waals surface area (Å²) >= 11 is 0. The first-order valence-electron chi connectivity index (χ1n) is 12.3. The number of carbonyl (C=O) groups is 2. The molecule has 0 saturated carbocycles. The molecular formula is C26H47F4NO3U. The van der Waals surface area contributed by atoms with Crippen LogP contribution in [-0.2, 0) is 14.3 Å². The van der Waals surface area contributed by atoms with Crippen LogP contribution in [0.4, 0.5) is 17.6 Å². The van der Waals surface area contributed by atoms with E-state index in [9.17, 15) is 27.2 Å². The normalized spacial score (nSPS) is 12.9. The van der Waals surface area contributed by atoms with Gasteiger partial charge >= 0.3 is 43.0 Å². The molecule has 0 aliphatic carbocycles. The molecule has 0 aliphatic heterocycles. The van der Waals surface area contributed by atoms with E-state index < -0.39 is 30.3 Å². The van der Waals surface area contributed by atoms with Crippen molar-refractivity contribution in [1.82, 2.24) is 5.32 Å². The molecule has 0 aliphatic rings. The Hall–Kier alpha value is -0.128. The molecular weight excluding hydrogens is 688 g/mol. The summed E-state index contributed by atoms with van der Waals surface area (Å²) in [5, 5.41) is 2.91. The number of ether oxygens (including phenoxy) is 1. The number of nitrogens with one attached hydrogen (secondary N) is 1. The van der Waals surface area contributed by atoms with E-state index in [0.717, 1.165) is 33.2 Å². The molecule has 0 spiro atoms. The molecule has 0 fully saturated rings. The number of carbonyl (C=O) groups excluding carboxylic acids is 2. The maximum atomic E-state index is 13.4. The van der Waals surface area contributed by atoms with Crippen LogP contribution in [0.15, 0.2) is 0 Å². The van der Waals surface area contributed by atoms with Crippen LogP contribution in [0.2, 0.25) is 0 Å². The molecule has 0 heterocycles. The van der Waals surface area contributed by atoms with Crippen molar-refractivity contribution in [3.8, 4) is 0 Å². The number of halogens is 4. The number of amides is 1. The third-order valence-corrected chi connectivity index (χ3v) is 5.47. The minimum absolute atomic E-state index is 0. The van der Waals surface area contributed by atoms with Gasteiger partial charge < -0.3 is 21.3 Å². The third kappa shape index (κ3) is 17.9. The Morgan fingerprint density at radius 3 is 1.94 bits per heavy atom. The van der Waals surface area contributed by atoms with Crippen molar-refractivity contribution in [2.45, 2.75) is 112 Å². The molecule has 4 nitrogen and oxygen atoms in total. The van der Waals surface area contributed by atoms with Crippen LogP contribution in [0.5, 0.6) is 0 Å². The fourth-order valence-electron chi connectivity index (χ4n) is 2.84. The average Bonchev–Trinajstić information content (AvgIpc) is 2.72. The van der Waals surface area contributed by atoms with E-state index in [-0.39, 0.29) is 54.6 Å². The van der Waals surface area contributed by atoms with E-state index in [1.807, 2.05) is 20.3 Å². The summed E-state index contributed by atoms with van der Waals surface area (Å²) in [6, 6.07) is 0. The molecule has 35 heavy (non-hydrogen) atoms. The summed E-state index contributed by atoms with van der Waals surface area (Å²) in [6.45, 7) is 14.3. The first-order chi connectivity index (χ1) is 15.5. The van der Waals surface area contributed by atoms with Crippen molar-refractivity contribution in [2.24, 2.45) is 23.7 Å². The molecule has 0 rings (SSSR count). The van der Waals surface area contributed by atoms with Crippen LogP contribution in [0.3, 0.4) is 0 Å². The zero-order chi connectivity index (χ0) is 27.1. The second-order valence-electron chi connectivity index (χ2n) is 10.2. The maximum Gasteiger partial charge on any atom is 2.00 e. The standard InChI is InChI=1S/C15H28NO2.C11H19F4O.U/c1-12(2)8-7-11-16-15(18)10-6-5-9-14(17)13(3)4;1-7(2)9(16-5)6-10(12,13)11(14,15)8(3)4;/h5,12-13H,6-11H2,1-4H3,(H,16,18);7-9H,5-6H2,1-4H3;/q2*-1;+2. The molecule has 0 radical (unpaired) electrons. The topological polar surface area (TPSA) is 55.4 Å². The van der Waals surface area contributed by atoms with Gasteiger partial charge in [-0.1, -0.05) is 55.4 Å². The molecule has 1 unspecified atom stereocenters. The molecule has 9 heteroatoms. The van der Waals surface area contributed by atoms with Crippen LogP contribution in [0.25, 0.3) is 0 Å². The molecule has 1 amide bonds. The molecule has 1 N–H and O–H groups in total. The summed E-state index contributed by atoms with van der Waals surface area (Å²) in [4.78, 5) is 22.8. The monoisotopic (exact) mass is 735 g/mol. The Bertz CT molecular complexity index is 571. The van der Waals surface area contributed by atoms with Gasteiger partial charge in [-0.15, -0.1) is 6.42 Å². The van der Waals surface area contributed by atoms with E-state index >= 15 is 0 Å². The smallest absolute Gasteiger partial charge is 0.552 e. The zero-order valence-electron chi connectivity index (χ0n) is 22.9. The van der Waals surface area contributed by atoms with Gasteiger partial charge in [0.25, 0.3) is 0 Å². The molecule has 0 aromatic heterocycles. The van der Waals surface area contributed by atoms with Gasteiger partial charge in [-0.25, -0.2) is 7.11 Å². The van der Waals surface area contributed by atoms with Gasteiger partial charge in [0.15, 0.2) is 0 Å². The van der Waals surface area contributed by atoms with Gasteiger partial charge in [0, 0.05) is 30.9 Å². The Morgan fingerprint density at radius 1 is 1.00 bits per heavy atom. The number of rotatable bonds is 16. The first kappa shape index (κ1) is 39.4. The number of hydrogen-bond acceptors (Lipinski definition) is 3. The van der Waals surface area contributed by atoms with Crippen molar-refractivity contribution >= 4 is 11.7 Å². The number of alkyl halides is 4. The number of Topliss-reactive ketones (excluding diaryl/α,β-unsaturated/α-hetero) is 1. The number of hydrogen-bond donors (Lipinski definition) is 1. The zero-order valence-corrected chi connectivity index (χ0v) is 27.0. The SMILES string of the molecule is CC(C)CCCNC(=O)CC[CH-]CC(=O)C(C)C.[CH2-]OC(CC(F)(F)C(F)(F)C(C)C)C(C)C.[U+2]. The van der Waals surface area contributed by atoms with Gasteiger partial charge in [-0.05, 0) is 31.1 Å². The third-order valence-electron chi connectivity index (χ3n) is 5.47. The average molecular weight is 736 g/mol. The predicted molar refractivity (Wildman–Crippen MR) is 129 cm³/mol. The number of ketones is 1. The second kappa shape index (κ2) is 19.9. The minimum Gasteiger partial charge on any atom is -0.552 e. The van der Waals surface area contributed by atoms with E-state index in [1.54, 1.807) is 13.8 Å². The molecule has 0 bridgehead atoms. The number of unbranched alkanes of at least 4 members (excludes halogenated alkanes) is 1. The summed E-state index contributed by atoms with van der Waals surface area (Å²) in [5.74, 6) is -8.69. The summed E-state index contributed by atoms with van der Waals surface area (Å²) < 4.78 is 57.9. The van der Waals surface area contributed by atoms with Crippen molar-refractivity contribution in [1.29, 1.82) is 0 Å². The van der Waals surface area contributed by atoms with E-state index in [2.05, 4.69) is 31.0 Å². The fourth-order valence-corrected chi connectivity index (χ4v) is 2.84. The minimum atomic E-state index is -4.08. The van der Waals surface area contributed by atoms with Crippen molar-refractivity contribution in [3.63, 3.8) is 0 Å². The quantitative estimate of drug-likeness (QED) is 0.103. The molecule has 0 aromatic carbocycles. The largest absolute Gasteiger partial charge is 2.00 e. The van der Waals surface area contributed by atoms with E-state index in [4.69, 9.17) is 0 Å². The maximum absolute atomic E-state index is 13.4. The van der Waals surface area contributed by atoms with Crippen molar-refractivity contribution < 1.29 is 63.0 Å². The Balaban J connectivity index is -0.000000573. The van der Waals surface area contributed by atoms with Gasteiger partial charge in [0.1, 0.15) is 5.78 Å². The van der Waals surface area contributed by atoms with Crippen molar-refractivity contribution in [2.75, 3.05) is 6.54 Å². The predicted octanol–water partition coefficient (Wildman–Crippen LogP) is 7.27. The Labute approximate surface area is 234 Å². The van der Waals surface area contributed by atoms with Crippen LogP contribution in [-0.4, -0.2) is 36.2 Å². The van der Waals surface area contributed by atoms with Crippen LogP contribution in [0, 0.1) is 68.3 Å². The van der Waals surface area contributed by atoms with Gasteiger partial charge in [-0.2, -0.15) is 24.0 Å². The summed E-state index contributed by atoms with van der Waals surface area (Å²) in [7, 11) is 3.04. The molecule has 1 atom stereocenters. The molecule has 206 valence electrons. The second-order valence-corrected chi connectivity index (χ2v) is 10.2. The van der Waals surface area contributed by atoms with Crippen LogP contribution < -0.4 is 5.32 Å². The Kier molecular flexibility index (Phi) is 22.4. The van der Waals surface area contributed by atoms with Crippen LogP contribution >= 0.6 is 0 Å². The van der Waals surface area contributed by atoms with Gasteiger partial charge in [0.2, 0.25) is 5.91 Å². The van der Waals surface area contributed by atoms with Gasteiger partial charge in [0.05, 0.1) is 0 Å². The molecule has 0 saturated heterocycles. The summed E-state index contributed by atoms with van der Waals surface area (Å²) in [6.07, 6.45) is 3.78. The van der Waals surface area contributed by atoms with E-state index in [0.29, 0.717) is 25.2 Å². The van der Waals surface area contributed by atoms with Crippen LogP contribution in [0.1, 0.15) is 93.9 Å². The van der Waals surface area contributed by atoms with Crippen molar-refractivity contribution in [3.05, 3.63) is 13.5 Å². The Morgan fingerprint density at radius 2 is 1.54 bits per heavy atom. The summed E-state index contributed by atoms with van der Waals surface area (Å²) in [5.41, 5.74) is 0. The fraction of sp³-hybridized carbons (Fsp3) is 0.846. The first-order valence-corrected chi connectivity index (χ1v) is 12.3. The molecule has 0 aromatic rings.